The highest BCUT2D eigenvalue weighted by molar-refractivity contribution is 7.53. The van der Waals surface area contributed by atoms with Gasteiger partial charge in [0.1, 0.15) is 23.7 Å². The average molecular weight is 593 g/mol. The molecule has 8 atom stereocenters. The predicted molar refractivity (Wildman–Crippen MR) is 141 cm³/mol. The van der Waals surface area contributed by atoms with Crippen LogP contribution < -0.4 is 17.0 Å². The summed E-state index contributed by atoms with van der Waals surface area (Å²) in [5.74, 6) is -0.316. The van der Waals surface area contributed by atoms with Crippen molar-refractivity contribution in [2.24, 2.45) is 5.92 Å². The second-order valence-corrected chi connectivity index (χ2v) is 12.1. The van der Waals surface area contributed by atoms with Gasteiger partial charge in [0.15, 0.2) is 28.9 Å². The van der Waals surface area contributed by atoms with Crippen LogP contribution in [-0.4, -0.2) is 91.3 Å². The molecule has 0 radical (unpaired) electrons. The minimum absolute atomic E-state index is 0.00631. The van der Waals surface area contributed by atoms with E-state index in [1.54, 1.807) is 11.5 Å². The smallest absolute Gasteiger partial charge is 0.335 e. The van der Waals surface area contributed by atoms with E-state index in [1.165, 1.54) is 23.5 Å². The molecule has 2 aliphatic rings. The van der Waals surface area contributed by atoms with Gasteiger partial charge < -0.3 is 40.6 Å². The summed E-state index contributed by atoms with van der Waals surface area (Å²) in [6.45, 7) is 1.17. The van der Waals surface area contributed by atoms with Crippen LogP contribution in [0.2, 0.25) is 0 Å². The Hall–Kier alpha value is -3.51. The topological polar surface area (TPSA) is 265 Å². The largest absolute Gasteiger partial charge is 0.394 e. The van der Waals surface area contributed by atoms with Crippen LogP contribution in [0.3, 0.4) is 0 Å². The molecule has 4 aromatic heterocycles. The van der Waals surface area contributed by atoms with Crippen LogP contribution in [0.1, 0.15) is 32.2 Å². The molecule has 2 aliphatic heterocycles. The molecule has 41 heavy (non-hydrogen) atoms. The van der Waals surface area contributed by atoms with Gasteiger partial charge in [0.2, 0.25) is 5.95 Å². The van der Waals surface area contributed by atoms with Crippen LogP contribution >= 0.6 is 7.60 Å². The number of aliphatic hydroxyl groups is 2. The Bertz CT molecular complexity index is 1690. The quantitative estimate of drug-likeness (QED) is 0.138. The van der Waals surface area contributed by atoms with Gasteiger partial charge in [-0.3, -0.25) is 23.5 Å². The molecule has 19 heteroatoms. The summed E-state index contributed by atoms with van der Waals surface area (Å²) in [6, 6.07) is 0. The number of imidazole rings is 2. The number of rotatable bonds is 8. The fraction of sp³-hybridized carbons (Fsp3) is 0.545. The number of aromatic amines is 1. The Kier molecular flexibility index (Phi) is 7.01. The molecule has 0 spiro atoms. The minimum Gasteiger partial charge on any atom is -0.394 e. The number of hydrogen-bond acceptors (Lipinski definition) is 14. The Balaban J connectivity index is 1.16. The van der Waals surface area contributed by atoms with Gasteiger partial charge in [-0.05, 0) is 6.42 Å². The standard InChI is InChI=1S/C22H29N10O8P/c1-9-15(34)11(40-20(9)31-7-27-13-16(23)25-6-26-17(13)31)2-3-38-41(36,37)12-4-10(5-33)39-21(12)32-8-28-14-18(32)29-22(24)30-19(14)35/h6-12,15,20-21,33-34H,2-5H2,1H3,(H,36,37)(H2,23,25,26)(H3,24,29,30,35)/t9-,10-,11+,12+,15-,20+,21+/m0/s1. The van der Waals surface area contributed by atoms with Crippen LogP contribution in [0.15, 0.2) is 23.8 Å². The Labute approximate surface area is 230 Å². The van der Waals surface area contributed by atoms with Crippen molar-refractivity contribution < 1.29 is 33.7 Å². The van der Waals surface area contributed by atoms with Gasteiger partial charge in [-0.15, -0.1) is 0 Å². The van der Waals surface area contributed by atoms with Gasteiger partial charge in [0, 0.05) is 12.3 Å². The van der Waals surface area contributed by atoms with E-state index >= 15 is 0 Å². The van der Waals surface area contributed by atoms with Gasteiger partial charge in [0.25, 0.3) is 5.56 Å². The number of nitrogens with zero attached hydrogens (tertiary/aromatic N) is 7. The van der Waals surface area contributed by atoms with Crippen molar-refractivity contribution in [2.45, 2.75) is 56.2 Å². The van der Waals surface area contributed by atoms with E-state index in [2.05, 4.69) is 29.9 Å². The van der Waals surface area contributed by atoms with Gasteiger partial charge in [0.05, 0.1) is 44.2 Å². The zero-order chi connectivity index (χ0) is 29.1. The zero-order valence-corrected chi connectivity index (χ0v) is 22.6. The molecular weight excluding hydrogens is 563 g/mol. The monoisotopic (exact) mass is 592 g/mol. The normalized spacial score (nSPS) is 29.9. The number of H-pyrrole nitrogens is 1. The van der Waals surface area contributed by atoms with Crippen molar-refractivity contribution in [2.75, 3.05) is 24.7 Å². The Morgan fingerprint density at radius 1 is 1.12 bits per heavy atom. The number of nitrogen functional groups attached to an aromatic ring is 2. The number of ether oxygens (including phenoxy) is 2. The third-order valence-corrected chi connectivity index (χ3v) is 9.39. The second kappa shape index (κ2) is 10.4. The number of hydrogen-bond donors (Lipinski definition) is 6. The number of aliphatic hydroxyl groups excluding tert-OH is 2. The molecule has 0 saturated carbocycles. The summed E-state index contributed by atoms with van der Waals surface area (Å²) in [7, 11) is -4.40. The van der Waals surface area contributed by atoms with Gasteiger partial charge in [-0.25, -0.2) is 19.9 Å². The summed E-state index contributed by atoms with van der Waals surface area (Å²) in [5, 5.41) is 20.6. The molecule has 2 fully saturated rings. The molecule has 0 aromatic carbocycles. The average Bonchev–Trinajstić information content (AvgIpc) is 3.70. The maximum Gasteiger partial charge on any atom is 0.335 e. The first-order valence-electron chi connectivity index (χ1n) is 12.8. The number of nitrogens with two attached hydrogens (primary N) is 2. The van der Waals surface area contributed by atoms with Crippen molar-refractivity contribution in [3.05, 3.63) is 29.3 Å². The molecule has 4 aromatic rings. The van der Waals surface area contributed by atoms with Gasteiger partial charge in [-0.2, -0.15) is 4.98 Å². The van der Waals surface area contributed by atoms with Crippen LogP contribution in [0, 0.1) is 5.92 Å². The first kappa shape index (κ1) is 27.6. The predicted octanol–water partition coefficient (Wildman–Crippen LogP) is -0.741. The van der Waals surface area contributed by atoms with E-state index in [-0.39, 0.29) is 48.3 Å². The van der Waals surface area contributed by atoms with Crippen LogP contribution in [0.25, 0.3) is 22.3 Å². The van der Waals surface area contributed by atoms with Crippen LogP contribution in [-0.2, 0) is 18.6 Å². The molecule has 8 N–H and O–H groups in total. The van der Waals surface area contributed by atoms with Gasteiger partial charge in [-0.1, -0.05) is 6.92 Å². The first-order chi connectivity index (χ1) is 19.6. The number of anilines is 2. The highest BCUT2D eigenvalue weighted by Crippen LogP contribution is 2.57. The molecule has 6 heterocycles. The van der Waals surface area contributed by atoms with E-state index in [1.807, 2.05) is 0 Å². The fourth-order valence-electron chi connectivity index (χ4n) is 5.42. The molecule has 1 unspecified atom stereocenters. The molecule has 0 amide bonds. The maximum absolute atomic E-state index is 13.5. The third-order valence-electron chi connectivity index (χ3n) is 7.54. The van der Waals surface area contributed by atoms with Crippen molar-refractivity contribution in [3.8, 4) is 0 Å². The lowest BCUT2D eigenvalue weighted by Crippen LogP contribution is -2.27. The van der Waals surface area contributed by atoms with E-state index in [0.717, 1.165) is 0 Å². The van der Waals surface area contributed by atoms with Crippen molar-refractivity contribution >= 4 is 41.7 Å². The Morgan fingerprint density at radius 2 is 1.85 bits per heavy atom. The van der Waals surface area contributed by atoms with Crippen LogP contribution in [0.4, 0.5) is 11.8 Å². The molecule has 2 saturated heterocycles. The molecule has 0 aliphatic carbocycles. The second-order valence-electron chi connectivity index (χ2n) is 10.1. The fourth-order valence-corrected chi connectivity index (χ4v) is 7.02. The highest BCUT2D eigenvalue weighted by atomic mass is 31.2. The maximum atomic E-state index is 13.5. The molecule has 220 valence electrons. The van der Waals surface area contributed by atoms with Crippen molar-refractivity contribution in [1.82, 2.24) is 39.0 Å². The van der Waals surface area contributed by atoms with Crippen LogP contribution in [0.5, 0.6) is 0 Å². The number of aromatic nitrogens is 8. The first-order valence-corrected chi connectivity index (χ1v) is 14.5. The molecule has 18 nitrogen and oxygen atoms in total. The van der Waals surface area contributed by atoms with E-state index in [0.29, 0.717) is 11.2 Å². The van der Waals surface area contributed by atoms with E-state index < -0.39 is 56.2 Å². The third kappa shape index (κ3) is 4.76. The summed E-state index contributed by atoms with van der Waals surface area (Å²) in [5.41, 5.74) is 10.7. The van der Waals surface area contributed by atoms with Gasteiger partial charge >= 0.3 is 7.60 Å². The number of fused-ring (bicyclic) bond motifs is 2. The van der Waals surface area contributed by atoms with E-state index in [9.17, 15) is 24.5 Å². The summed E-state index contributed by atoms with van der Waals surface area (Å²) < 4.78 is 33.9. The lowest BCUT2D eigenvalue weighted by atomic mass is 10.0. The lowest BCUT2D eigenvalue weighted by Gasteiger charge is -2.25. The molecule has 0 bridgehead atoms. The SMILES string of the molecule is C[C@H]1[C@H](O)[C@@H](CCOP(=O)(O)[C@@H]2C[C@@H](CO)O[C@H]2n2cnc3c(=O)[nH]c(N)nc32)O[C@H]1n1cnc2c(N)ncnc21. The van der Waals surface area contributed by atoms with Crippen molar-refractivity contribution in [1.29, 1.82) is 0 Å². The molecular formula is C22H29N10O8P. The lowest BCUT2D eigenvalue weighted by molar-refractivity contribution is -0.0298. The number of nitrogens with one attached hydrogen (secondary N) is 1. The highest BCUT2D eigenvalue weighted by Gasteiger charge is 2.49. The summed E-state index contributed by atoms with van der Waals surface area (Å²) in [6.07, 6.45) is 0.0325. The summed E-state index contributed by atoms with van der Waals surface area (Å²) in [4.78, 5) is 46.1. The zero-order valence-electron chi connectivity index (χ0n) is 21.7. The Morgan fingerprint density at radius 3 is 2.61 bits per heavy atom. The van der Waals surface area contributed by atoms with Crippen molar-refractivity contribution in [3.63, 3.8) is 0 Å². The minimum atomic E-state index is -4.40. The summed E-state index contributed by atoms with van der Waals surface area (Å²) >= 11 is 0. The molecule has 6 rings (SSSR count). The van der Waals surface area contributed by atoms with E-state index in [4.69, 9.17) is 25.5 Å².